The molecule has 31 heavy (non-hydrogen) atoms. The second-order valence-electron chi connectivity index (χ2n) is 6.67. The van der Waals surface area contributed by atoms with Crippen molar-refractivity contribution in [2.24, 2.45) is 4.99 Å². The topological polar surface area (TPSA) is 143 Å². The van der Waals surface area contributed by atoms with Crippen LogP contribution in [-0.2, 0) is 29.1 Å². The van der Waals surface area contributed by atoms with E-state index in [-0.39, 0.29) is 16.6 Å². The zero-order chi connectivity index (χ0) is 22.6. The Morgan fingerprint density at radius 1 is 1.03 bits per heavy atom. The number of carbonyl (C=O) groups excluding carboxylic acids is 3. The second kappa shape index (κ2) is 8.96. The third-order valence-corrected chi connectivity index (χ3v) is 5.56. The van der Waals surface area contributed by atoms with E-state index < -0.39 is 34.5 Å². The molecule has 0 saturated carbocycles. The molecular weight excluding hydrogens is 424 g/mol. The number of aliphatic imine (C=N–C) groups is 1. The maximum absolute atomic E-state index is 12.2. The Morgan fingerprint density at radius 3 is 2.29 bits per heavy atom. The number of rotatable bonds is 6. The molecule has 2 aromatic carbocycles. The van der Waals surface area contributed by atoms with Crippen LogP contribution in [0.3, 0.4) is 0 Å². The van der Waals surface area contributed by atoms with Crippen LogP contribution < -0.4 is 15.4 Å². The Morgan fingerprint density at radius 2 is 1.65 bits per heavy atom. The fourth-order valence-electron chi connectivity index (χ4n) is 2.77. The summed E-state index contributed by atoms with van der Waals surface area (Å²) in [6.07, 6.45) is 0. The summed E-state index contributed by atoms with van der Waals surface area (Å²) in [5, 5.41) is 5.16. The van der Waals surface area contributed by atoms with Crippen molar-refractivity contribution in [1.82, 2.24) is 4.72 Å². The molecule has 11 heteroatoms. The molecule has 2 aromatic rings. The van der Waals surface area contributed by atoms with Gasteiger partial charge in [-0.3, -0.25) is 19.3 Å². The maximum Gasteiger partial charge on any atom is 0.331 e. The Bertz CT molecular complexity index is 1160. The molecule has 0 aliphatic carbocycles. The molecule has 3 N–H and O–H groups in total. The predicted molar refractivity (Wildman–Crippen MR) is 113 cm³/mol. The number of hydrogen-bond donors (Lipinski definition) is 3. The Labute approximate surface area is 178 Å². The first-order valence-corrected chi connectivity index (χ1v) is 10.7. The number of esters is 1. The number of nitrogens with one attached hydrogen (secondary N) is 3. The molecule has 1 aliphatic rings. The lowest BCUT2D eigenvalue weighted by molar-refractivity contribution is -0.148. The Kier molecular flexibility index (Phi) is 6.35. The summed E-state index contributed by atoms with van der Waals surface area (Å²) < 4.78 is 31.5. The lowest BCUT2D eigenvalue weighted by atomic mass is 10.2. The van der Waals surface area contributed by atoms with Crippen LogP contribution in [0.25, 0.3) is 0 Å². The number of hydrogen-bond acceptors (Lipinski definition) is 7. The van der Waals surface area contributed by atoms with Gasteiger partial charge < -0.3 is 15.4 Å². The van der Waals surface area contributed by atoms with Gasteiger partial charge in [0.1, 0.15) is 11.9 Å². The molecule has 0 bridgehead atoms. The quantitative estimate of drug-likeness (QED) is 0.572. The van der Waals surface area contributed by atoms with Gasteiger partial charge in [0.05, 0.1) is 4.90 Å². The van der Waals surface area contributed by atoms with Crippen molar-refractivity contribution in [1.29, 1.82) is 0 Å². The van der Waals surface area contributed by atoms with Crippen LogP contribution in [-0.4, -0.2) is 44.7 Å². The SMILES string of the molecule is CC(=O)Nc1ccc(NC(=O)COC(=O)[C@H](C)N=C2NS(=O)(=O)c3ccccc32)cc1. The smallest absolute Gasteiger partial charge is 0.331 e. The first-order valence-electron chi connectivity index (χ1n) is 9.20. The fraction of sp³-hybridized carbons (Fsp3) is 0.200. The number of anilines is 2. The van der Waals surface area contributed by atoms with Crippen molar-refractivity contribution in [3.8, 4) is 0 Å². The maximum atomic E-state index is 12.2. The van der Waals surface area contributed by atoms with E-state index in [1.54, 1.807) is 42.5 Å². The average Bonchev–Trinajstić information content (AvgIpc) is 2.97. The van der Waals surface area contributed by atoms with Crippen molar-refractivity contribution >= 4 is 45.0 Å². The molecule has 1 atom stereocenters. The van der Waals surface area contributed by atoms with Crippen molar-refractivity contribution in [3.05, 3.63) is 54.1 Å². The van der Waals surface area contributed by atoms with Gasteiger partial charge >= 0.3 is 5.97 Å². The molecule has 1 heterocycles. The second-order valence-corrected chi connectivity index (χ2v) is 8.32. The van der Waals surface area contributed by atoms with E-state index in [1.807, 2.05) is 0 Å². The highest BCUT2D eigenvalue weighted by molar-refractivity contribution is 7.90. The monoisotopic (exact) mass is 444 g/mol. The van der Waals surface area contributed by atoms with Gasteiger partial charge in [-0.15, -0.1) is 0 Å². The summed E-state index contributed by atoms with van der Waals surface area (Å²) in [4.78, 5) is 39.4. The minimum Gasteiger partial charge on any atom is -0.454 e. The molecule has 1 aliphatic heterocycles. The zero-order valence-corrected chi connectivity index (χ0v) is 17.5. The summed E-state index contributed by atoms with van der Waals surface area (Å²) in [7, 11) is -3.72. The van der Waals surface area contributed by atoms with Gasteiger partial charge in [-0.1, -0.05) is 12.1 Å². The van der Waals surface area contributed by atoms with E-state index in [9.17, 15) is 22.8 Å². The predicted octanol–water partition coefficient (Wildman–Crippen LogP) is 1.25. The lowest BCUT2D eigenvalue weighted by Crippen LogP contribution is -2.28. The first kappa shape index (κ1) is 22.0. The molecule has 0 spiro atoms. The molecule has 0 radical (unpaired) electrons. The van der Waals surface area contributed by atoms with Crippen molar-refractivity contribution in [2.75, 3.05) is 17.2 Å². The minimum absolute atomic E-state index is 0.0451. The molecule has 0 fully saturated rings. The van der Waals surface area contributed by atoms with Gasteiger partial charge in [-0.25, -0.2) is 13.2 Å². The number of amides is 2. The highest BCUT2D eigenvalue weighted by atomic mass is 32.2. The Balaban J connectivity index is 1.55. The van der Waals surface area contributed by atoms with Crippen LogP contribution in [0.2, 0.25) is 0 Å². The lowest BCUT2D eigenvalue weighted by Gasteiger charge is -2.10. The van der Waals surface area contributed by atoms with Crippen molar-refractivity contribution < 1.29 is 27.5 Å². The molecular formula is C20H20N4O6S. The summed E-state index contributed by atoms with van der Waals surface area (Å²) in [5.74, 6) is -1.52. The molecule has 0 unspecified atom stereocenters. The summed E-state index contributed by atoms with van der Waals surface area (Å²) in [6, 6.07) is 11.6. The van der Waals surface area contributed by atoms with Crippen LogP contribution in [0.1, 0.15) is 19.4 Å². The Hall–Kier alpha value is -3.73. The van der Waals surface area contributed by atoms with Crippen LogP contribution in [0.5, 0.6) is 0 Å². The molecule has 0 aromatic heterocycles. The number of ether oxygens (including phenoxy) is 1. The highest BCUT2D eigenvalue weighted by Crippen LogP contribution is 2.22. The van der Waals surface area contributed by atoms with E-state index >= 15 is 0 Å². The number of sulfonamides is 1. The fourth-order valence-corrected chi connectivity index (χ4v) is 4.01. The van der Waals surface area contributed by atoms with Gasteiger partial charge in [-0.2, -0.15) is 0 Å². The number of nitrogens with zero attached hydrogens (tertiary/aromatic N) is 1. The summed E-state index contributed by atoms with van der Waals surface area (Å²) >= 11 is 0. The largest absolute Gasteiger partial charge is 0.454 e. The third-order valence-electron chi connectivity index (χ3n) is 4.16. The third kappa shape index (κ3) is 5.45. The summed E-state index contributed by atoms with van der Waals surface area (Å²) in [5.41, 5.74) is 1.40. The average molecular weight is 444 g/mol. The van der Waals surface area contributed by atoms with Gasteiger partial charge in [0, 0.05) is 23.9 Å². The van der Waals surface area contributed by atoms with E-state index in [0.29, 0.717) is 16.9 Å². The minimum atomic E-state index is -3.72. The molecule has 0 saturated heterocycles. The zero-order valence-electron chi connectivity index (χ0n) is 16.7. The number of benzene rings is 2. The van der Waals surface area contributed by atoms with Crippen molar-refractivity contribution in [2.45, 2.75) is 24.8 Å². The van der Waals surface area contributed by atoms with E-state index in [0.717, 1.165) is 0 Å². The van der Waals surface area contributed by atoms with Crippen LogP contribution in [0.4, 0.5) is 11.4 Å². The van der Waals surface area contributed by atoms with Gasteiger partial charge in [0.15, 0.2) is 6.61 Å². The van der Waals surface area contributed by atoms with Crippen LogP contribution in [0.15, 0.2) is 58.4 Å². The molecule has 10 nitrogen and oxygen atoms in total. The van der Waals surface area contributed by atoms with Gasteiger partial charge in [0.2, 0.25) is 5.91 Å². The van der Waals surface area contributed by atoms with Crippen LogP contribution in [0, 0.1) is 0 Å². The standard InChI is InChI=1S/C20H20N4O6S/c1-12(21-19-16-5-3-4-6-17(16)31(28,29)24-19)20(27)30-11-18(26)23-15-9-7-14(8-10-15)22-13(2)25/h3-10,12H,11H2,1-2H3,(H,21,24)(H,22,25)(H,23,26)/t12-/m0/s1. The normalized spacial score (nSPS) is 16.0. The molecule has 2 amide bonds. The number of carbonyl (C=O) groups is 3. The van der Waals surface area contributed by atoms with E-state index in [2.05, 4.69) is 20.3 Å². The number of fused-ring (bicyclic) bond motifs is 1. The van der Waals surface area contributed by atoms with Crippen LogP contribution >= 0.6 is 0 Å². The molecule has 162 valence electrons. The number of amidine groups is 1. The van der Waals surface area contributed by atoms with Gasteiger partial charge in [-0.05, 0) is 43.3 Å². The molecule has 3 rings (SSSR count). The summed E-state index contributed by atoms with van der Waals surface area (Å²) in [6.45, 7) is 2.28. The van der Waals surface area contributed by atoms with E-state index in [1.165, 1.54) is 19.9 Å². The first-order chi connectivity index (χ1) is 14.7. The van der Waals surface area contributed by atoms with Crippen molar-refractivity contribution in [3.63, 3.8) is 0 Å². The van der Waals surface area contributed by atoms with Gasteiger partial charge in [0.25, 0.3) is 15.9 Å². The highest BCUT2D eigenvalue weighted by Gasteiger charge is 2.31. The van der Waals surface area contributed by atoms with E-state index in [4.69, 9.17) is 4.74 Å².